The third kappa shape index (κ3) is 10.3. The van der Waals surface area contributed by atoms with E-state index in [2.05, 4.69) is 10.0 Å². The zero-order valence-electron chi connectivity index (χ0n) is 26.8. The number of hydrogen-bond donors (Lipinski definition) is 4. The number of hydrogen-bond acceptors (Lipinski definition) is 7. The maximum Gasteiger partial charge on any atom is 0.490 e. The summed E-state index contributed by atoms with van der Waals surface area (Å²) in [6.45, 7) is 3.35. The number of halogens is 4. The Kier molecular flexibility index (Phi) is 12.8. The summed E-state index contributed by atoms with van der Waals surface area (Å²) < 4.78 is 67.6. The van der Waals surface area contributed by atoms with Crippen molar-refractivity contribution in [2.24, 2.45) is 5.73 Å². The Morgan fingerprint density at radius 2 is 1.62 bits per heavy atom. The number of carbonyl (C=O) groups is 3. The van der Waals surface area contributed by atoms with Crippen LogP contribution in [0, 0.1) is 0 Å². The monoisotopic (exact) mass is 716 g/mol. The summed E-state index contributed by atoms with van der Waals surface area (Å²) in [5, 5.41) is 10.4. The first-order valence-corrected chi connectivity index (χ1v) is 16.9. The number of aliphatic carboxylic acids is 1. The topological polar surface area (TPSA) is 168 Å². The van der Waals surface area contributed by atoms with E-state index in [1.165, 1.54) is 4.90 Å². The van der Waals surface area contributed by atoms with Crippen molar-refractivity contribution >= 4 is 44.3 Å². The third-order valence-electron chi connectivity index (χ3n) is 7.86. The van der Waals surface area contributed by atoms with Crippen molar-refractivity contribution in [1.29, 1.82) is 0 Å². The minimum atomic E-state index is -5.08. The molecule has 2 aromatic rings. The van der Waals surface area contributed by atoms with Crippen molar-refractivity contribution in [1.82, 2.24) is 14.9 Å². The highest BCUT2D eigenvalue weighted by atomic mass is 35.5. The van der Waals surface area contributed by atoms with Gasteiger partial charge in [0.25, 0.3) is 0 Å². The summed E-state index contributed by atoms with van der Waals surface area (Å²) in [6, 6.07) is 15.2. The van der Waals surface area contributed by atoms with Gasteiger partial charge in [0, 0.05) is 18.6 Å². The van der Waals surface area contributed by atoms with E-state index >= 15 is 0 Å². The Hall–Kier alpha value is -3.50. The zero-order chi connectivity index (χ0) is 35.9. The summed E-state index contributed by atoms with van der Waals surface area (Å²) in [5.74, 6) is -3.66. The Morgan fingerprint density at radius 1 is 1.06 bits per heavy atom. The Bertz CT molecular complexity index is 1590. The molecular formula is C32H40ClF3N4O7S. The lowest BCUT2D eigenvalue weighted by atomic mass is 9.76. The number of alkyl halides is 3. The molecule has 1 aliphatic heterocycles. The van der Waals surface area contributed by atoms with E-state index in [0.717, 1.165) is 24.8 Å². The molecule has 1 aliphatic carbocycles. The summed E-state index contributed by atoms with van der Waals surface area (Å²) in [6.07, 6.45) is -1.04. The number of carboxylic acids is 1. The van der Waals surface area contributed by atoms with Crippen molar-refractivity contribution in [2.75, 3.05) is 20.2 Å². The first-order chi connectivity index (χ1) is 22.3. The molecule has 0 radical (unpaired) electrons. The van der Waals surface area contributed by atoms with Gasteiger partial charge in [-0.15, -0.1) is 0 Å². The van der Waals surface area contributed by atoms with Crippen LogP contribution in [0.2, 0.25) is 5.02 Å². The third-order valence-corrected chi connectivity index (χ3v) is 9.79. The summed E-state index contributed by atoms with van der Waals surface area (Å²) >= 11 is 6.09. The fraction of sp³-hybridized carbons (Fsp3) is 0.469. The van der Waals surface area contributed by atoms with Crippen LogP contribution >= 0.6 is 11.6 Å². The highest BCUT2D eigenvalue weighted by Crippen LogP contribution is 2.45. The van der Waals surface area contributed by atoms with Crippen LogP contribution in [-0.4, -0.2) is 79.7 Å². The van der Waals surface area contributed by atoms with Gasteiger partial charge in [-0.25, -0.2) is 17.9 Å². The Morgan fingerprint density at radius 3 is 2.15 bits per heavy atom. The molecule has 1 fully saturated rings. The molecule has 1 heterocycles. The quantitative estimate of drug-likeness (QED) is 0.284. The van der Waals surface area contributed by atoms with Gasteiger partial charge >= 0.3 is 12.1 Å². The average molecular weight is 717 g/mol. The minimum Gasteiger partial charge on any atom is -0.475 e. The summed E-state index contributed by atoms with van der Waals surface area (Å²) in [4.78, 5) is 37.2. The summed E-state index contributed by atoms with van der Waals surface area (Å²) in [7, 11) is -2.24. The number of nitrogens with zero attached hydrogens (tertiary/aromatic N) is 1. The van der Waals surface area contributed by atoms with E-state index in [9.17, 15) is 31.2 Å². The Labute approximate surface area is 282 Å². The van der Waals surface area contributed by atoms with Gasteiger partial charge in [-0.05, 0) is 55.5 Å². The summed E-state index contributed by atoms with van der Waals surface area (Å²) in [5.41, 5.74) is 6.10. The lowest BCUT2D eigenvalue weighted by Gasteiger charge is -2.37. The van der Waals surface area contributed by atoms with Gasteiger partial charge in [0.15, 0.2) is 0 Å². The van der Waals surface area contributed by atoms with Gasteiger partial charge in [0.2, 0.25) is 21.8 Å². The van der Waals surface area contributed by atoms with Gasteiger partial charge < -0.3 is 25.8 Å². The standard InChI is InChI=1S/C30H39ClN4O5S.C2HF3O2/c1-29(2,32)28(37)33-25(20-40-19-21-10-6-4-7-11-21)27(36)35(3)18-24-26(22-12-14-23(31)15-13-22)41(38,39)34-30(24)16-8-5-9-17-30;3-2(4,5)1(6)7/h4,6-7,10-15,25,34H,5,8-9,16-20,32H2,1-3H3,(H,33,37);(H,6,7)/t25-;/m1./s1. The van der Waals surface area contributed by atoms with Gasteiger partial charge in [-0.1, -0.05) is 73.3 Å². The van der Waals surface area contributed by atoms with Crippen LogP contribution in [0.5, 0.6) is 0 Å². The molecule has 48 heavy (non-hydrogen) atoms. The molecule has 264 valence electrons. The van der Waals surface area contributed by atoms with E-state index in [-0.39, 0.29) is 24.7 Å². The molecule has 11 nitrogen and oxygen atoms in total. The van der Waals surface area contributed by atoms with Crippen LogP contribution in [0.1, 0.15) is 57.1 Å². The molecule has 4 rings (SSSR count). The molecule has 1 atom stereocenters. The highest BCUT2D eigenvalue weighted by molar-refractivity contribution is 7.99. The molecule has 2 aromatic carbocycles. The zero-order valence-corrected chi connectivity index (χ0v) is 28.3. The molecule has 5 N–H and O–H groups in total. The van der Waals surface area contributed by atoms with Crippen molar-refractivity contribution < 1.29 is 45.8 Å². The van der Waals surface area contributed by atoms with Crippen molar-refractivity contribution in [3.05, 3.63) is 76.3 Å². The Balaban J connectivity index is 0.000000804. The predicted octanol–water partition coefficient (Wildman–Crippen LogP) is 4.22. The highest BCUT2D eigenvalue weighted by Gasteiger charge is 2.49. The number of ether oxygens (including phenoxy) is 1. The maximum atomic E-state index is 13.8. The SMILES string of the molecule is CN(CC1=C(c2ccc(Cl)cc2)S(=O)(=O)NC12CCCCC2)C(=O)[C@@H](COCc1ccccc1)NC(=O)C(C)(C)N.O=C(O)C(F)(F)F. The van der Waals surface area contributed by atoms with E-state index in [0.29, 0.717) is 29.0 Å². The average Bonchev–Trinajstić information content (AvgIpc) is 3.21. The van der Waals surface area contributed by atoms with E-state index in [4.69, 9.17) is 32.0 Å². The van der Waals surface area contributed by atoms with E-state index in [1.54, 1.807) is 45.2 Å². The van der Waals surface area contributed by atoms with Crippen LogP contribution in [0.3, 0.4) is 0 Å². The number of likely N-dealkylation sites (N-methyl/N-ethyl adjacent to an activating group) is 1. The fourth-order valence-corrected chi connectivity index (χ4v) is 7.53. The minimum absolute atomic E-state index is 0.0557. The second-order valence-electron chi connectivity index (χ2n) is 12.3. The van der Waals surface area contributed by atoms with Crippen LogP contribution in [-0.2, 0) is 35.8 Å². The lowest BCUT2D eigenvalue weighted by molar-refractivity contribution is -0.192. The van der Waals surface area contributed by atoms with Gasteiger partial charge in [-0.3, -0.25) is 9.59 Å². The lowest BCUT2D eigenvalue weighted by Crippen LogP contribution is -2.58. The number of sulfonamides is 1. The van der Waals surface area contributed by atoms with E-state index < -0.39 is 51.1 Å². The first kappa shape index (κ1) is 38.9. The number of amides is 2. The smallest absolute Gasteiger partial charge is 0.475 e. The molecule has 16 heteroatoms. The number of rotatable bonds is 10. The van der Waals surface area contributed by atoms with Gasteiger partial charge in [0.05, 0.1) is 29.2 Å². The second kappa shape index (κ2) is 15.8. The number of nitrogens with one attached hydrogen (secondary N) is 2. The molecule has 1 saturated carbocycles. The predicted molar refractivity (Wildman–Crippen MR) is 174 cm³/mol. The number of benzene rings is 2. The second-order valence-corrected chi connectivity index (χ2v) is 14.4. The van der Waals surface area contributed by atoms with Gasteiger partial charge in [0.1, 0.15) is 6.04 Å². The fourth-order valence-electron chi connectivity index (χ4n) is 5.43. The molecule has 2 amide bonds. The van der Waals surface area contributed by atoms with Crippen LogP contribution in [0.15, 0.2) is 60.2 Å². The number of carboxylic acid groups (broad SMARTS) is 1. The van der Waals surface area contributed by atoms with Crippen molar-refractivity contribution in [3.8, 4) is 0 Å². The molecule has 0 saturated heterocycles. The molecule has 1 spiro atoms. The normalized spacial score (nSPS) is 17.7. The first-order valence-electron chi connectivity index (χ1n) is 15.1. The van der Waals surface area contributed by atoms with Crippen molar-refractivity contribution in [2.45, 2.75) is 75.9 Å². The van der Waals surface area contributed by atoms with E-state index in [1.807, 2.05) is 30.3 Å². The van der Waals surface area contributed by atoms with Gasteiger partial charge in [-0.2, -0.15) is 13.2 Å². The molecular weight excluding hydrogens is 677 g/mol. The molecule has 0 aromatic heterocycles. The van der Waals surface area contributed by atoms with Crippen LogP contribution in [0.4, 0.5) is 13.2 Å². The maximum absolute atomic E-state index is 13.8. The largest absolute Gasteiger partial charge is 0.490 e. The molecule has 0 unspecified atom stereocenters. The molecule has 0 bridgehead atoms. The number of carbonyl (C=O) groups excluding carboxylic acids is 2. The van der Waals surface area contributed by atoms with Crippen LogP contribution in [0.25, 0.3) is 4.91 Å². The molecule has 2 aliphatic rings. The number of nitrogens with two attached hydrogens (primary N) is 1. The van der Waals surface area contributed by atoms with Crippen LogP contribution < -0.4 is 15.8 Å². The van der Waals surface area contributed by atoms with Crippen molar-refractivity contribution in [3.63, 3.8) is 0 Å².